The molecule has 0 aromatic heterocycles. The zero-order chi connectivity index (χ0) is 20.1. The number of methoxy groups -OCH3 is 1. The van der Waals surface area contributed by atoms with Gasteiger partial charge in [-0.1, -0.05) is 18.2 Å². The van der Waals surface area contributed by atoms with Gasteiger partial charge in [-0.3, -0.25) is 14.4 Å². The Bertz CT molecular complexity index is 882. The van der Waals surface area contributed by atoms with Crippen molar-refractivity contribution in [2.24, 2.45) is 0 Å². The molecule has 2 amide bonds. The highest BCUT2D eigenvalue weighted by Crippen LogP contribution is 2.23. The number of ether oxygens (including phenoxy) is 1. The Morgan fingerprint density at radius 3 is 2.61 bits per heavy atom. The second kappa shape index (κ2) is 8.65. The lowest BCUT2D eigenvalue weighted by molar-refractivity contribution is -0.141. The lowest BCUT2D eigenvalue weighted by atomic mass is 10.0. The molecule has 2 aromatic rings. The van der Waals surface area contributed by atoms with E-state index in [2.05, 4.69) is 5.32 Å². The summed E-state index contributed by atoms with van der Waals surface area (Å²) in [6.45, 7) is 0.629. The summed E-state index contributed by atoms with van der Waals surface area (Å²) < 4.78 is 17.9. The molecule has 1 aliphatic heterocycles. The van der Waals surface area contributed by atoms with Crippen molar-refractivity contribution >= 4 is 23.5 Å². The van der Waals surface area contributed by atoms with Crippen LogP contribution in [0.15, 0.2) is 48.5 Å². The Morgan fingerprint density at radius 2 is 1.96 bits per heavy atom. The zero-order valence-corrected chi connectivity index (χ0v) is 15.5. The Morgan fingerprint density at radius 1 is 1.21 bits per heavy atom. The second-order valence-electron chi connectivity index (χ2n) is 6.56. The van der Waals surface area contributed by atoms with Gasteiger partial charge in [-0.15, -0.1) is 0 Å². The van der Waals surface area contributed by atoms with Crippen molar-refractivity contribution < 1.29 is 23.5 Å². The number of rotatable bonds is 6. The van der Waals surface area contributed by atoms with Gasteiger partial charge in [0.25, 0.3) is 5.91 Å². The Labute approximate surface area is 162 Å². The minimum absolute atomic E-state index is 0.0347. The van der Waals surface area contributed by atoms with Gasteiger partial charge in [0.15, 0.2) is 0 Å². The molecule has 1 heterocycles. The Kier molecular flexibility index (Phi) is 6.03. The molecule has 7 heteroatoms. The lowest BCUT2D eigenvalue weighted by Crippen LogP contribution is -2.31. The van der Waals surface area contributed by atoms with E-state index in [4.69, 9.17) is 4.74 Å². The summed E-state index contributed by atoms with van der Waals surface area (Å²) >= 11 is 0. The molecule has 6 nitrogen and oxygen atoms in total. The minimum Gasteiger partial charge on any atom is -0.469 e. The van der Waals surface area contributed by atoms with Crippen molar-refractivity contribution in [2.45, 2.75) is 25.3 Å². The van der Waals surface area contributed by atoms with Gasteiger partial charge < -0.3 is 15.0 Å². The van der Waals surface area contributed by atoms with Crippen LogP contribution in [0.4, 0.5) is 10.1 Å². The van der Waals surface area contributed by atoms with Gasteiger partial charge >= 0.3 is 5.97 Å². The van der Waals surface area contributed by atoms with Crippen LogP contribution in [0.25, 0.3) is 0 Å². The molecule has 0 radical (unpaired) electrons. The van der Waals surface area contributed by atoms with Gasteiger partial charge in [-0.05, 0) is 42.3 Å². The largest absolute Gasteiger partial charge is 0.469 e. The summed E-state index contributed by atoms with van der Waals surface area (Å²) in [5, 5.41) is 2.80. The number of hydrogen-bond acceptors (Lipinski definition) is 4. The summed E-state index contributed by atoms with van der Waals surface area (Å²) in [6.07, 6.45) is 1.21. The lowest BCUT2D eigenvalue weighted by Gasteiger charge is -2.20. The van der Waals surface area contributed by atoms with E-state index in [-0.39, 0.29) is 12.3 Å². The second-order valence-corrected chi connectivity index (χ2v) is 6.56. The molecule has 3 rings (SSSR count). The van der Waals surface area contributed by atoms with Crippen molar-refractivity contribution in [1.29, 1.82) is 0 Å². The molecule has 0 saturated carbocycles. The molecule has 2 aromatic carbocycles. The molecule has 1 saturated heterocycles. The third kappa shape index (κ3) is 4.54. The monoisotopic (exact) mass is 384 g/mol. The minimum atomic E-state index is -0.669. The highest BCUT2D eigenvalue weighted by atomic mass is 19.1. The highest BCUT2D eigenvalue weighted by Gasteiger charge is 2.23. The fraction of sp³-hybridized carbons (Fsp3) is 0.286. The van der Waals surface area contributed by atoms with Crippen molar-refractivity contribution in [3.8, 4) is 0 Å². The quantitative estimate of drug-likeness (QED) is 0.777. The number of hydrogen-bond donors (Lipinski definition) is 1. The summed E-state index contributed by atoms with van der Waals surface area (Å²) in [5.74, 6) is -1.26. The van der Waals surface area contributed by atoms with E-state index in [9.17, 15) is 18.8 Å². The summed E-state index contributed by atoms with van der Waals surface area (Å²) in [4.78, 5) is 38.1. The van der Waals surface area contributed by atoms with E-state index in [0.717, 1.165) is 6.42 Å². The number of amides is 2. The standard InChI is InChI=1S/C21H21FN2O4/c1-28-20(26)13-18(14-7-9-16(22)10-8-14)23-21(27)15-4-2-5-17(12-15)24-11-3-6-19(24)25/h2,4-5,7-10,12,18H,3,6,11,13H2,1H3,(H,23,27)/t18-/m0/s1. The smallest absolute Gasteiger partial charge is 0.307 e. The summed E-state index contributed by atoms with van der Waals surface area (Å²) in [7, 11) is 1.27. The molecule has 28 heavy (non-hydrogen) atoms. The predicted octanol–water partition coefficient (Wildman–Crippen LogP) is 2.99. The molecule has 1 atom stereocenters. The molecule has 0 aliphatic carbocycles. The molecule has 0 unspecified atom stereocenters. The molecule has 1 fully saturated rings. The van der Waals surface area contributed by atoms with E-state index in [1.165, 1.54) is 31.4 Å². The number of nitrogens with zero attached hydrogens (tertiary/aromatic N) is 1. The van der Waals surface area contributed by atoms with E-state index in [1.807, 2.05) is 0 Å². The van der Waals surface area contributed by atoms with Crippen LogP contribution in [0.2, 0.25) is 0 Å². The molecule has 146 valence electrons. The van der Waals surface area contributed by atoms with Crippen LogP contribution in [-0.4, -0.2) is 31.4 Å². The first-order valence-electron chi connectivity index (χ1n) is 9.01. The highest BCUT2D eigenvalue weighted by molar-refractivity contribution is 5.99. The number of halogens is 1. The first-order chi connectivity index (χ1) is 13.5. The maximum atomic E-state index is 13.2. The number of benzene rings is 2. The van der Waals surface area contributed by atoms with Crippen LogP contribution in [0.5, 0.6) is 0 Å². The van der Waals surface area contributed by atoms with Crippen LogP contribution in [0, 0.1) is 5.82 Å². The molecular weight excluding hydrogens is 363 g/mol. The van der Waals surface area contributed by atoms with Crippen molar-refractivity contribution in [1.82, 2.24) is 5.32 Å². The third-order valence-electron chi connectivity index (χ3n) is 4.67. The number of esters is 1. The molecular formula is C21H21FN2O4. The van der Waals surface area contributed by atoms with Gasteiger partial charge in [0.1, 0.15) is 5.82 Å². The third-order valence-corrected chi connectivity index (χ3v) is 4.67. The van der Waals surface area contributed by atoms with Crippen LogP contribution in [0.1, 0.15) is 41.2 Å². The number of anilines is 1. The SMILES string of the molecule is COC(=O)C[C@H](NC(=O)c1cccc(N2CCCC2=O)c1)c1ccc(F)cc1. The molecule has 1 aliphatic rings. The van der Waals surface area contributed by atoms with Gasteiger partial charge in [-0.2, -0.15) is 0 Å². The number of carbonyl (C=O) groups excluding carboxylic acids is 3. The molecule has 0 spiro atoms. The number of nitrogens with one attached hydrogen (secondary N) is 1. The average molecular weight is 384 g/mol. The summed E-state index contributed by atoms with van der Waals surface area (Å²) in [6, 6.07) is 11.7. The first kappa shape index (κ1) is 19.5. The predicted molar refractivity (Wildman–Crippen MR) is 101 cm³/mol. The Hall–Kier alpha value is -3.22. The van der Waals surface area contributed by atoms with Crippen molar-refractivity contribution in [3.63, 3.8) is 0 Å². The van der Waals surface area contributed by atoms with Gasteiger partial charge in [0.2, 0.25) is 5.91 Å². The van der Waals surface area contributed by atoms with Crippen LogP contribution in [0.3, 0.4) is 0 Å². The van der Waals surface area contributed by atoms with Gasteiger partial charge in [0, 0.05) is 24.2 Å². The van der Waals surface area contributed by atoms with E-state index < -0.39 is 23.7 Å². The maximum Gasteiger partial charge on any atom is 0.307 e. The zero-order valence-electron chi connectivity index (χ0n) is 15.5. The average Bonchev–Trinajstić information content (AvgIpc) is 3.14. The van der Waals surface area contributed by atoms with E-state index in [1.54, 1.807) is 29.2 Å². The summed E-state index contributed by atoms with van der Waals surface area (Å²) in [5.41, 5.74) is 1.63. The fourth-order valence-corrected chi connectivity index (χ4v) is 3.18. The van der Waals surface area contributed by atoms with E-state index in [0.29, 0.717) is 29.8 Å². The van der Waals surface area contributed by atoms with Crippen LogP contribution in [-0.2, 0) is 14.3 Å². The Balaban J connectivity index is 1.80. The van der Waals surface area contributed by atoms with Crippen LogP contribution < -0.4 is 10.2 Å². The molecule has 1 N–H and O–H groups in total. The molecule has 0 bridgehead atoms. The fourth-order valence-electron chi connectivity index (χ4n) is 3.18. The van der Waals surface area contributed by atoms with Crippen LogP contribution >= 0.6 is 0 Å². The maximum absolute atomic E-state index is 13.2. The van der Waals surface area contributed by atoms with Crippen molar-refractivity contribution in [2.75, 3.05) is 18.6 Å². The van der Waals surface area contributed by atoms with E-state index >= 15 is 0 Å². The first-order valence-corrected chi connectivity index (χ1v) is 9.01. The topological polar surface area (TPSA) is 75.7 Å². The normalized spacial score (nSPS) is 14.6. The van der Waals surface area contributed by atoms with Gasteiger partial charge in [0.05, 0.1) is 19.6 Å². The van der Waals surface area contributed by atoms with Crippen molar-refractivity contribution in [3.05, 3.63) is 65.5 Å². The number of carbonyl (C=O) groups is 3. The van der Waals surface area contributed by atoms with Gasteiger partial charge in [-0.25, -0.2) is 4.39 Å².